The maximum absolute atomic E-state index is 12.0. The van der Waals surface area contributed by atoms with Gasteiger partial charge in [0.2, 0.25) is 0 Å². The quantitative estimate of drug-likeness (QED) is 0.888. The lowest BCUT2D eigenvalue weighted by atomic mass is 10.0. The number of rotatable bonds is 5. The van der Waals surface area contributed by atoms with Gasteiger partial charge in [0.15, 0.2) is 0 Å². The third kappa shape index (κ3) is 3.02. The highest BCUT2D eigenvalue weighted by molar-refractivity contribution is 6.33. The third-order valence-corrected chi connectivity index (χ3v) is 3.91. The molecule has 0 spiro atoms. The van der Waals surface area contributed by atoms with Gasteiger partial charge in [-0.1, -0.05) is 24.9 Å². The zero-order valence-corrected chi connectivity index (χ0v) is 11.7. The molecule has 1 aromatic rings. The van der Waals surface area contributed by atoms with Crippen molar-refractivity contribution in [3.63, 3.8) is 0 Å². The summed E-state index contributed by atoms with van der Waals surface area (Å²) in [7, 11) is 0. The maximum atomic E-state index is 12.0. The van der Waals surface area contributed by atoms with Crippen molar-refractivity contribution in [2.75, 3.05) is 6.54 Å². The van der Waals surface area contributed by atoms with Gasteiger partial charge in [-0.15, -0.1) is 0 Å². The fourth-order valence-corrected chi connectivity index (χ4v) is 2.57. The molecule has 98 valence electrons. The first-order valence-corrected chi connectivity index (χ1v) is 6.84. The van der Waals surface area contributed by atoms with Crippen LogP contribution in [0.25, 0.3) is 0 Å². The number of nitrogens with one attached hydrogen (secondary N) is 1. The molecule has 1 heterocycles. The van der Waals surface area contributed by atoms with Crippen LogP contribution in [0, 0.1) is 12.3 Å². The molecule has 0 aromatic carbocycles. The normalized spacial score (nSPS) is 16.4. The van der Waals surface area contributed by atoms with Gasteiger partial charge in [0.1, 0.15) is 0 Å². The third-order valence-electron chi connectivity index (χ3n) is 3.60. The fraction of sp³-hybridized carbons (Fsp3) is 0.571. The van der Waals surface area contributed by atoms with Gasteiger partial charge < -0.3 is 5.32 Å². The Bertz CT molecular complexity index is 455. The Balaban J connectivity index is 1.96. The van der Waals surface area contributed by atoms with Crippen molar-refractivity contribution in [2.24, 2.45) is 5.41 Å². The molecular weight excluding hydrogens is 248 g/mol. The van der Waals surface area contributed by atoms with Gasteiger partial charge in [0.25, 0.3) is 5.91 Å². The Morgan fingerprint density at radius 1 is 1.56 bits per heavy atom. The Hall–Kier alpha value is -1.09. The van der Waals surface area contributed by atoms with Crippen molar-refractivity contribution in [1.82, 2.24) is 10.3 Å². The zero-order chi connectivity index (χ0) is 13.2. The van der Waals surface area contributed by atoms with E-state index in [9.17, 15) is 4.79 Å². The molecule has 1 fully saturated rings. The molecule has 0 atom stereocenters. The summed E-state index contributed by atoms with van der Waals surface area (Å²) < 4.78 is 0. The number of carbonyl (C=O) groups excluding carboxylic acids is 1. The Kier molecular flexibility index (Phi) is 3.91. The molecule has 0 unspecified atom stereocenters. The lowest BCUT2D eigenvalue weighted by Gasteiger charge is -2.15. The number of hydrogen-bond acceptors (Lipinski definition) is 2. The molecule has 1 N–H and O–H groups in total. The van der Waals surface area contributed by atoms with E-state index in [0.717, 1.165) is 12.2 Å². The highest BCUT2D eigenvalue weighted by Gasteiger charge is 2.41. The molecule has 1 aliphatic rings. The lowest BCUT2D eigenvalue weighted by molar-refractivity contribution is 0.0943. The summed E-state index contributed by atoms with van der Waals surface area (Å²) in [6.07, 6.45) is 6.35. The van der Waals surface area contributed by atoms with Gasteiger partial charge in [-0.05, 0) is 37.7 Å². The molecule has 1 saturated carbocycles. The smallest absolute Gasteiger partial charge is 0.254 e. The fourth-order valence-electron chi connectivity index (χ4n) is 2.28. The van der Waals surface area contributed by atoms with E-state index in [1.807, 2.05) is 6.92 Å². The van der Waals surface area contributed by atoms with Crippen molar-refractivity contribution in [3.8, 4) is 0 Å². The molecule has 2 rings (SSSR count). The number of amides is 1. The van der Waals surface area contributed by atoms with Crippen LogP contribution in [-0.2, 0) is 0 Å². The van der Waals surface area contributed by atoms with Gasteiger partial charge in [-0.2, -0.15) is 0 Å². The number of halogens is 1. The van der Waals surface area contributed by atoms with Crippen molar-refractivity contribution in [3.05, 3.63) is 28.5 Å². The van der Waals surface area contributed by atoms with Crippen LogP contribution in [0.5, 0.6) is 0 Å². The first-order valence-electron chi connectivity index (χ1n) is 6.47. The lowest BCUT2D eigenvalue weighted by Crippen LogP contribution is -2.30. The van der Waals surface area contributed by atoms with Crippen LogP contribution >= 0.6 is 11.6 Å². The number of aryl methyl sites for hydroxylation is 1. The van der Waals surface area contributed by atoms with E-state index in [1.54, 1.807) is 12.3 Å². The molecule has 1 aliphatic carbocycles. The summed E-state index contributed by atoms with van der Waals surface area (Å²) >= 11 is 6.05. The van der Waals surface area contributed by atoms with E-state index in [2.05, 4.69) is 17.2 Å². The minimum absolute atomic E-state index is 0.116. The Morgan fingerprint density at radius 3 is 2.83 bits per heavy atom. The van der Waals surface area contributed by atoms with Gasteiger partial charge >= 0.3 is 0 Å². The molecule has 0 radical (unpaired) electrons. The number of pyridine rings is 1. The van der Waals surface area contributed by atoms with Crippen LogP contribution in [0.1, 0.15) is 48.7 Å². The van der Waals surface area contributed by atoms with Crippen LogP contribution in [0.3, 0.4) is 0 Å². The summed E-state index contributed by atoms with van der Waals surface area (Å²) in [5, 5.41) is 3.46. The molecular formula is C14H19ClN2O. The average Bonchev–Trinajstić information content (AvgIpc) is 3.07. The highest BCUT2D eigenvalue weighted by Crippen LogP contribution is 2.48. The molecule has 0 bridgehead atoms. The van der Waals surface area contributed by atoms with Crippen LogP contribution in [0.2, 0.25) is 5.02 Å². The highest BCUT2D eigenvalue weighted by atomic mass is 35.5. The van der Waals surface area contributed by atoms with Gasteiger partial charge in [-0.3, -0.25) is 9.78 Å². The van der Waals surface area contributed by atoms with E-state index in [4.69, 9.17) is 11.6 Å². The first-order chi connectivity index (χ1) is 8.56. The molecule has 4 heteroatoms. The number of aromatic nitrogens is 1. The summed E-state index contributed by atoms with van der Waals surface area (Å²) in [5.74, 6) is -0.116. The van der Waals surface area contributed by atoms with Crippen LogP contribution in [-0.4, -0.2) is 17.4 Å². The topological polar surface area (TPSA) is 42.0 Å². The minimum atomic E-state index is -0.116. The van der Waals surface area contributed by atoms with E-state index in [0.29, 0.717) is 16.0 Å². The monoisotopic (exact) mass is 266 g/mol. The maximum Gasteiger partial charge on any atom is 0.254 e. The summed E-state index contributed by atoms with van der Waals surface area (Å²) in [5.41, 5.74) is 1.64. The molecule has 0 aliphatic heterocycles. The first kappa shape index (κ1) is 13.3. The van der Waals surface area contributed by atoms with E-state index >= 15 is 0 Å². The van der Waals surface area contributed by atoms with Crippen molar-refractivity contribution < 1.29 is 4.79 Å². The van der Waals surface area contributed by atoms with Crippen molar-refractivity contribution >= 4 is 17.5 Å². The standard InChI is InChI=1S/C14H19ClN2O/c1-3-4-14(5-6-14)9-17-13(18)11-8-16-10(2)7-12(11)15/h7-8H,3-6,9H2,1-2H3,(H,17,18). The van der Waals surface area contributed by atoms with Crippen LogP contribution in [0.4, 0.5) is 0 Å². The molecule has 3 nitrogen and oxygen atoms in total. The minimum Gasteiger partial charge on any atom is -0.351 e. The molecule has 0 saturated heterocycles. The average molecular weight is 267 g/mol. The Morgan fingerprint density at radius 2 is 2.28 bits per heavy atom. The second-order valence-corrected chi connectivity index (χ2v) is 5.65. The van der Waals surface area contributed by atoms with Gasteiger partial charge in [-0.25, -0.2) is 0 Å². The summed E-state index contributed by atoms with van der Waals surface area (Å²) in [4.78, 5) is 16.1. The summed E-state index contributed by atoms with van der Waals surface area (Å²) in [6.45, 7) is 4.79. The van der Waals surface area contributed by atoms with Crippen LogP contribution in [0.15, 0.2) is 12.3 Å². The largest absolute Gasteiger partial charge is 0.351 e. The van der Waals surface area contributed by atoms with E-state index in [-0.39, 0.29) is 5.91 Å². The number of carbonyl (C=O) groups is 1. The predicted molar refractivity (Wildman–Crippen MR) is 72.9 cm³/mol. The number of nitrogens with zero attached hydrogens (tertiary/aromatic N) is 1. The molecule has 18 heavy (non-hydrogen) atoms. The second-order valence-electron chi connectivity index (χ2n) is 5.24. The predicted octanol–water partition coefficient (Wildman–Crippen LogP) is 3.35. The van der Waals surface area contributed by atoms with Crippen LogP contribution < -0.4 is 5.32 Å². The van der Waals surface area contributed by atoms with Crippen molar-refractivity contribution in [1.29, 1.82) is 0 Å². The van der Waals surface area contributed by atoms with Crippen molar-refractivity contribution in [2.45, 2.75) is 39.5 Å². The number of hydrogen-bond donors (Lipinski definition) is 1. The van der Waals surface area contributed by atoms with E-state index < -0.39 is 0 Å². The van der Waals surface area contributed by atoms with Gasteiger partial charge in [0.05, 0.1) is 10.6 Å². The molecule has 1 amide bonds. The van der Waals surface area contributed by atoms with E-state index in [1.165, 1.54) is 25.7 Å². The van der Waals surface area contributed by atoms with Gasteiger partial charge in [0, 0.05) is 18.4 Å². The molecule has 1 aromatic heterocycles. The SMILES string of the molecule is CCCC1(CNC(=O)c2cnc(C)cc2Cl)CC1. The second kappa shape index (κ2) is 5.27. The summed E-state index contributed by atoms with van der Waals surface area (Å²) in [6, 6.07) is 1.72. The Labute approximate surface area is 113 Å². The zero-order valence-electron chi connectivity index (χ0n) is 10.9.